The molecule has 0 radical (unpaired) electrons. The maximum atomic E-state index is 6.26. The molecule has 0 amide bonds. The maximum absolute atomic E-state index is 6.26. The topological polar surface area (TPSA) is 35.2 Å². The van der Waals surface area contributed by atoms with Gasteiger partial charge in [-0.2, -0.15) is 0 Å². The summed E-state index contributed by atoms with van der Waals surface area (Å²) in [6, 6.07) is 13.7. The second kappa shape index (κ2) is 5.06. The van der Waals surface area contributed by atoms with E-state index in [0.29, 0.717) is 11.4 Å². The molecule has 1 heterocycles. The first-order chi connectivity index (χ1) is 9.54. The smallest absolute Gasteiger partial charge is 0.153 e. The third-order valence-electron chi connectivity index (χ3n) is 3.88. The van der Waals surface area contributed by atoms with Gasteiger partial charge in [-0.05, 0) is 40.5 Å². The van der Waals surface area contributed by atoms with Gasteiger partial charge < -0.3 is 10.5 Å². The lowest BCUT2D eigenvalue weighted by molar-refractivity contribution is 0.0686. The molecule has 2 aromatic rings. The van der Waals surface area contributed by atoms with Crippen molar-refractivity contribution in [3.63, 3.8) is 0 Å². The first-order valence-corrected chi connectivity index (χ1v) is 7.69. The monoisotopic (exact) mass is 351 g/mol. The summed E-state index contributed by atoms with van der Waals surface area (Å²) in [4.78, 5) is 0. The van der Waals surface area contributed by atoms with Crippen molar-refractivity contribution in [3.05, 3.63) is 63.1 Å². The first kappa shape index (κ1) is 13.9. The van der Waals surface area contributed by atoms with Gasteiger partial charge in [-0.3, -0.25) is 0 Å². The molecule has 2 nitrogen and oxygen atoms in total. The Hall–Kier alpha value is -1.03. The van der Waals surface area contributed by atoms with Gasteiger partial charge in [0.2, 0.25) is 0 Å². The lowest BCUT2D eigenvalue weighted by atomic mass is 9.84. The predicted molar refractivity (Wildman–Crippen MR) is 85.3 cm³/mol. The van der Waals surface area contributed by atoms with Gasteiger partial charge in [0.25, 0.3) is 0 Å². The molecule has 2 atom stereocenters. The molecule has 0 spiro atoms. The van der Waals surface area contributed by atoms with Gasteiger partial charge in [0.05, 0.1) is 5.02 Å². The second-order valence-corrected chi connectivity index (χ2v) is 6.36. The van der Waals surface area contributed by atoms with Crippen molar-refractivity contribution in [1.29, 1.82) is 0 Å². The van der Waals surface area contributed by atoms with Gasteiger partial charge in [0.15, 0.2) is 5.60 Å². The van der Waals surface area contributed by atoms with E-state index in [0.717, 1.165) is 21.3 Å². The number of hydrogen-bond donors (Lipinski definition) is 1. The number of fused-ring (bicyclic) bond motifs is 1. The Labute approximate surface area is 132 Å². The van der Waals surface area contributed by atoms with Crippen LogP contribution in [-0.2, 0) is 12.0 Å². The predicted octanol–water partition coefficient (Wildman–Crippen LogP) is 4.28. The minimum atomic E-state index is -0.531. The molecule has 0 fully saturated rings. The quantitative estimate of drug-likeness (QED) is 0.875. The van der Waals surface area contributed by atoms with Crippen LogP contribution < -0.4 is 10.5 Å². The molecule has 4 heteroatoms. The molecule has 0 saturated carbocycles. The summed E-state index contributed by atoms with van der Waals surface area (Å²) in [5.74, 6) is 0.849. The molecule has 1 aliphatic rings. The molecule has 0 bridgehead atoms. The van der Waals surface area contributed by atoms with E-state index in [-0.39, 0.29) is 6.04 Å². The minimum Gasteiger partial charge on any atom is -0.480 e. The average Bonchev–Trinajstić information content (AvgIpc) is 2.86. The van der Waals surface area contributed by atoms with E-state index in [1.54, 1.807) is 0 Å². The molecule has 20 heavy (non-hydrogen) atoms. The Bertz CT molecular complexity index is 644. The summed E-state index contributed by atoms with van der Waals surface area (Å²) >= 11 is 9.73. The molecule has 1 aliphatic heterocycles. The molecular formula is C16H15BrClNO. The van der Waals surface area contributed by atoms with E-state index in [1.165, 1.54) is 0 Å². The van der Waals surface area contributed by atoms with Crippen LogP contribution in [0.2, 0.25) is 5.02 Å². The highest BCUT2D eigenvalue weighted by molar-refractivity contribution is 9.10. The van der Waals surface area contributed by atoms with Crippen molar-refractivity contribution >= 4 is 27.5 Å². The molecular weight excluding hydrogens is 338 g/mol. The summed E-state index contributed by atoms with van der Waals surface area (Å²) in [5.41, 5.74) is 7.90. The SMILES string of the molecule is CC(N)C1(c2ccccc2)Cc2c(ccc(Cl)c2Br)O1. The van der Waals surface area contributed by atoms with E-state index in [4.69, 9.17) is 22.1 Å². The van der Waals surface area contributed by atoms with Crippen LogP contribution in [0, 0.1) is 0 Å². The third-order valence-corrected chi connectivity index (χ3v) is 5.33. The van der Waals surface area contributed by atoms with Gasteiger partial charge in [0.1, 0.15) is 5.75 Å². The van der Waals surface area contributed by atoms with Crippen LogP contribution in [0.15, 0.2) is 46.9 Å². The summed E-state index contributed by atoms with van der Waals surface area (Å²) in [6.45, 7) is 1.98. The number of benzene rings is 2. The van der Waals surface area contributed by atoms with E-state index in [2.05, 4.69) is 28.1 Å². The lowest BCUT2D eigenvalue weighted by Crippen LogP contribution is -2.47. The summed E-state index contributed by atoms with van der Waals surface area (Å²) in [6.07, 6.45) is 0.713. The largest absolute Gasteiger partial charge is 0.480 e. The second-order valence-electron chi connectivity index (χ2n) is 5.16. The number of rotatable bonds is 2. The van der Waals surface area contributed by atoms with E-state index in [1.807, 2.05) is 37.3 Å². The normalized spacial score (nSPS) is 22.2. The molecule has 3 rings (SSSR count). The Morgan fingerprint density at radius 1 is 1.25 bits per heavy atom. The van der Waals surface area contributed by atoms with Crippen molar-refractivity contribution < 1.29 is 4.74 Å². The molecule has 104 valence electrons. The third kappa shape index (κ3) is 2.05. The lowest BCUT2D eigenvalue weighted by Gasteiger charge is -2.33. The standard InChI is InChI=1S/C16H15BrClNO/c1-10(19)16(11-5-3-2-4-6-11)9-12-14(20-16)8-7-13(18)15(12)17/h2-8,10H,9,19H2,1H3. The van der Waals surface area contributed by atoms with Crippen LogP contribution in [0.4, 0.5) is 0 Å². The summed E-state index contributed by atoms with van der Waals surface area (Å²) in [7, 11) is 0. The van der Waals surface area contributed by atoms with Crippen molar-refractivity contribution in [2.75, 3.05) is 0 Å². The number of nitrogens with two attached hydrogens (primary N) is 1. The highest BCUT2D eigenvalue weighted by Crippen LogP contribution is 2.47. The van der Waals surface area contributed by atoms with Crippen LogP contribution in [0.3, 0.4) is 0 Å². The number of ether oxygens (including phenoxy) is 1. The van der Waals surface area contributed by atoms with E-state index >= 15 is 0 Å². The van der Waals surface area contributed by atoms with Crippen LogP contribution in [0.25, 0.3) is 0 Å². The number of hydrogen-bond acceptors (Lipinski definition) is 2. The van der Waals surface area contributed by atoms with E-state index in [9.17, 15) is 0 Å². The Morgan fingerprint density at radius 3 is 2.60 bits per heavy atom. The molecule has 2 N–H and O–H groups in total. The van der Waals surface area contributed by atoms with Crippen molar-refractivity contribution in [2.45, 2.75) is 25.0 Å². The van der Waals surface area contributed by atoms with Gasteiger partial charge >= 0.3 is 0 Å². The molecule has 0 saturated heterocycles. The highest BCUT2D eigenvalue weighted by atomic mass is 79.9. The minimum absolute atomic E-state index is 0.136. The Kier molecular flexibility index (Phi) is 3.53. The molecule has 0 aromatic heterocycles. The maximum Gasteiger partial charge on any atom is 0.153 e. The van der Waals surface area contributed by atoms with Gasteiger partial charge in [-0.25, -0.2) is 0 Å². The fourth-order valence-electron chi connectivity index (χ4n) is 2.73. The van der Waals surface area contributed by atoms with Crippen LogP contribution in [0.1, 0.15) is 18.1 Å². The first-order valence-electron chi connectivity index (χ1n) is 6.51. The van der Waals surface area contributed by atoms with E-state index < -0.39 is 5.60 Å². The zero-order valence-electron chi connectivity index (χ0n) is 11.1. The molecule has 0 aliphatic carbocycles. The van der Waals surface area contributed by atoms with Gasteiger partial charge in [-0.15, -0.1) is 0 Å². The summed E-state index contributed by atoms with van der Waals surface area (Å²) in [5, 5.41) is 0.695. The van der Waals surface area contributed by atoms with Crippen molar-refractivity contribution in [3.8, 4) is 5.75 Å². The fraction of sp³-hybridized carbons (Fsp3) is 0.250. The number of halogens is 2. The van der Waals surface area contributed by atoms with Crippen LogP contribution >= 0.6 is 27.5 Å². The zero-order valence-corrected chi connectivity index (χ0v) is 13.4. The molecule has 2 aromatic carbocycles. The van der Waals surface area contributed by atoms with Gasteiger partial charge in [0, 0.05) is 22.5 Å². The van der Waals surface area contributed by atoms with Crippen LogP contribution in [-0.4, -0.2) is 6.04 Å². The molecule has 2 unspecified atom stereocenters. The van der Waals surface area contributed by atoms with Crippen LogP contribution in [0.5, 0.6) is 5.75 Å². The zero-order chi connectivity index (χ0) is 14.3. The Balaban J connectivity index is 2.12. The average molecular weight is 353 g/mol. The fourth-order valence-corrected chi connectivity index (χ4v) is 3.37. The summed E-state index contributed by atoms with van der Waals surface area (Å²) < 4.78 is 7.16. The highest BCUT2D eigenvalue weighted by Gasteiger charge is 2.45. The Morgan fingerprint density at radius 2 is 1.95 bits per heavy atom. The van der Waals surface area contributed by atoms with Gasteiger partial charge in [-0.1, -0.05) is 41.9 Å². The van der Waals surface area contributed by atoms with Crippen molar-refractivity contribution in [2.24, 2.45) is 5.73 Å². The van der Waals surface area contributed by atoms with Crippen molar-refractivity contribution in [1.82, 2.24) is 0 Å².